The molecule has 1 heterocycles. The fraction of sp³-hybridized carbons (Fsp3) is 0.286. The van der Waals surface area contributed by atoms with Gasteiger partial charge in [0.25, 0.3) is 0 Å². The van der Waals surface area contributed by atoms with Crippen LogP contribution in [-0.4, -0.2) is 6.54 Å². The first-order valence-corrected chi connectivity index (χ1v) is 6.63. The molecule has 0 saturated heterocycles. The van der Waals surface area contributed by atoms with Crippen LogP contribution in [0.1, 0.15) is 18.2 Å². The molecule has 1 aromatic carbocycles. The Morgan fingerprint density at radius 1 is 1.17 bits per heavy atom. The highest BCUT2D eigenvalue weighted by Gasteiger charge is 2.11. The molecule has 1 aromatic heterocycles. The largest absolute Gasteiger partial charge is 0.460 e. The van der Waals surface area contributed by atoms with Crippen molar-refractivity contribution in [2.75, 3.05) is 6.54 Å². The normalized spacial score (nSPS) is 10.9. The van der Waals surface area contributed by atoms with Gasteiger partial charge in [-0.2, -0.15) is 0 Å². The zero-order valence-corrected chi connectivity index (χ0v) is 11.9. The molecule has 0 saturated carbocycles. The average molecular weight is 284 g/mol. The zero-order valence-electron chi connectivity index (χ0n) is 10.4. The first-order chi connectivity index (χ1) is 8.61. The lowest BCUT2D eigenvalue weighted by molar-refractivity contribution is 0.498. The highest BCUT2D eigenvalue weighted by molar-refractivity contribution is 6.35. The molecule has 0 aliphatic heterocycles. The molecule has 18 heavy (non-hydrogen) atoms. The van der Waals surface area contributed by atoms with Crippen molar-refractivity contribution in [3.63, 3.8) is 0 Å². The summed E-state index contributed by atoms with van der Waals surface area (Å²) in [5, 5.41) is 4.56. The Kier molecular flexibility index (Phi) is 4.33. The molecule has 2 nitrogen and oxygen atoms in total. The molecule has 4 heteroatoms. The van der Waals surface area contributed by atoms with Crippen LogP contribution in [0.25, 0.3) is 11.3 Å². The molecule has 0 fully saturated rings. The van der Waals surface area contributed by atoms with Gasteiger partial charge in [0.15, 0.2) is 0 Å². The van der Waals surface area contributed by atoms with Gasteiger partial charge in [-0.25, -0.2) is 0 Å². The van der Waals surface area contributed by atoms with E-state index in [9.17, 15) is 0 Å². The molecule has 0 bridgehead atoms. The summed E-state index contributed by atoms with van der Waals surface area (Å²) >= 11 is 12.3. The third kappa shape index (κ3) is 2.89. The van der Waals surface area contributed by atoms with E-state index in [2.05, 4.69) is 12.2 Å². The van der Waals surface area contributed by atoms with E-state index in [1.807, 2.05) is 31.2 Å². The van der Waals surface area contributed by atoms with Gasteiger partial charge in [-0.1, -0.05) is 30.1 Å². The fourth-order valence-corrected chi connectivity index (χ4v) is 2.18. The maximum Gasteiger partial charge on any atom is 0.135 e. The summed E-state index contributed by atoms with van der Waals surface area (Å²) in [6.45, 7) is 5.61. The second-order valence-corrected chi connectivity index (χ2v) is 4.94. The van der Waals surface area contributed by atoms with Crippen LogP contribution in [0.15, 0.2) is 28.7 Å². The highest BCUT2D eigenvalue weighted by atomic mass is 35.5. The zero-order chi connectivity index (χ0) is 13.1. The van der Waals surface area contributed by atoms with Crippen molar-refractivity contribution >= 4 is 23.2 Å². The Morgan fingerprint density at radius 3 is 2.67 bits per heavy atom. The molecular weight excluding hydrogens is 269 g/mol. The van der Waals surface area contributed by atoms with Gasteiger partial charge in [-0.15, -0.1) is 0 Å². The summed E-state index contributed by atoms with van der Waals surface area (Å²) in [6.07, 6.45) is 0. The van der Waals surface area contributed by atoms with Gasteiger partial charge >= 0.3 is 0 Å². The molecule has 0 aliphatic carbocycles. The first-order valence-electron chi connectivity index (χ1n) is 5.87. The Morgan fingerprint density at radius 2 is 1.94 bits per heavy atom. The van der Waals surface area contributed by atoms with Crippen molar-refractivity contribution in [2.24, 2.45) is 0 Å². The standard InChI is InChI=1S/C14H15Cl2NO/c1-3-17-8-10-4-5-14(18-10)11-7-12(15)9(2)6-13(11)16/h4-7,17H,3,8H2,1-2H3. The Balaban J connectivity index is 2.31. The number of hydrogen-bond acceptors (Lipinski definition) is 2. The van der Waals surface area contributed by atoms with Gasteiger partial charge < -0.3 is 9.73 Å². The minimum Gasteiger partial charge on any atom is -0.460 e. The summed E-state index contributed by atoms with van der Waals surface area (Å²) in [7, 11) is 0. The summed E-state index contributed by atoms with van der Waals surface area (Å²) in [5.41, 5.74) is 1.79. The predicted molar refractivity (Wildman–Crippen MR) is 76.3 cm³/mol. The lowest BCUT2D eigenvalue weighted by Gasteiger charge is -2.05. The second-order valence-electron chi connectivity index (χ2n) is 4.13. The van der Waals surface area contributed by atoms with Crippen LogP contribution in [0.5, 0.6) is 0 Å². The van der Waals surface area contributed by atoms with Gasteiger partial charge in [0.1, 0.15) is 11.5 Å². The quantitative estimate of drug-likeness (QED) is 0.882. The Hall–Kier alpha value is -0.960. The van der Waals surface area contributed by atoms with Crippen molar-refractivity contribution in [2.45, 2.75) is 20.4 Å². The predicted octanol–water partition coefficient (Wildman–Crippen LogP) is 4.67. The van der Waals surface area contributed by atoms with Crippen LogP contribution in [0.2, 0.25) is 10.0 Å². The molecule has 0 aliphatic rings. The SMILES string of the molecule is CCNCc1ccc(-c2cc(Cl)c(C)cc2Cl)o1. The number of aryl methyl sites for hydroxylation is 1. The van der Waals surface area contributed by atoms with Crippen molar-refractivity contribution in [3.8, 4) is 11.3 Å². The average Bonchev–Trinajstić information content (AvgIpc) is 2.79. The van der Waals surface area contributed by atoms with Crippen LogP contribution in [0.4, 0.5) is 0 Å². The van der Waals surface area contributed by atoms with E-state index in [1.54, 1.807) is 0 Å². The summed E-state index contributed by atoms with van der Waals surface area (Å²) in [4.78, 5) is 0. The summed E-state index contributed by atoms with van der Waals surface area (Å²) in [6, 6.07) is 7.56. The highest BCUT2D eigenvalue weighted by Crippen LogP contribution is 2.33. The third-order valence-corrected chi connectivity index (χ3v) is 3.44. The Labute approximate surface area is 117 Å². The van der Waals surface area contributed by atoms with Gasteiger partial charge in [-0.3, -0.25) is 0 Å². The Bertz CT molecular complexity index is 549. The van der Waals surface area contributed by atoms with E-state index in [1.165, 1.54) is 0 Å². The molecule has 0 radical (unpaired) electrons. The molecule has 96 valence electrons. The van der Waals surface area contributed by atoms with Crippen molar-refractivity contribution < 1.29 is 4.42 Å². The lowest BCUT2D eigenvalue weighted by atomic mass is 10.1. The van der Waals surface area contributed by atoms with Crippen molar-refractivity contribution in [3.05, 3.63) is 45.6 Å². The molecule has 2 aromatic rings. The van der Waals surface area contributed by atoms with Crippen LogP contribution in [0.3, 0.4) is 0 Å². The molecule has 0 amide bonds. The molecule has 2 rings (SSSR count). The molecular formula is C14H15Cl2NO. The molecule has 1 N–H and O–H groups in total. The molecule has 0 spiro atoms. The van der Waals surface area contributed by atoms with E-state index in [4.69, 9.17) is 27.6 Å². The second kappa shape index (κ2) is 5.79. The topological polar surface area (TPSA) is 25.2 Å². The van der Waals surface area contributed by atoms with Gasteiger partial charge in [0.2, 0.25) is 0 Å². The van der Waals surface area contributed by atoms with Crippen LogP contribution in [0, 0.1) is 6.92 Å². The summed E-state index contributed by atoms with van der Waals surface area (Å²) < 4.78 is 5.74. The minimum atomic E-state index is 0.654. The van der Waals surface area contributed by atoms with Crippen molar-refractivity contribution in [1.82, 2.24) is 5.32 Å². The number of halogens is 2. The monoisotopic (exact) mass is 283 g/mol. The van der Waals surface area contributed by atoms with E-state index in [0.717, 1.165) is 29.2 Å². The van der Waals surface area contributed by atoms with E-state index < -0.39 is 0 Å². The number of hydrogen-bond donors (Lipinski definition) is 1. The summed E-state index contributed by atoms with van der Waals surface area (Å²) in [5.74, 6) is 1.63. The van der Waals surface area contributed by atoms with E-state index in [-0.39, 0.29) is 0 Å². The maximum atomic E-state index is 6.22. The lowest BCUT2D eigenvalue weighted by Crippen LogP contribution is -2.10. The van der Waals surface area contributed by atoms with Crippen molar-refractivity contribution in [1.29, 1.82) is 0 Å². The van der Waals surface area contributed by atoms with Crippen LogP contribution in [-0.2, 0) is 6.54 Å². The number of furan rings is 1. The fourth-order valence-electron chi connectivity index (χ4n) is 1.70. The van der Waals surface area contributed by atoms with Crippen LogP contribution < -0.4 is 5.32 Å². The van der Waals surface area contributed by atoms with Gasteiger partial charge in [0, 0.05) is 10.6 Å². The molecule has 0 unspecified atom stereocenters. The van der Waals surface area contributed by atoms with E-state index >= 15 is 0 Å². The van der Waals surface area contributed by atoms with E-state index in [0.29, 0.717) is 16.6 Å². The number of nitrogens with one attached hydrogen (secondary N) is 1. The van der Waals surface area contributed by atoms with Gasteiger partial charge in [-0.05, 0) is 43.3 Å². The maximum absolute atomic E-state index is 6.22. The van der Waals surface area contributed by atoms with Crippen LogP contribution >= 0.6 is 23.2 Å². The molecule has 0 atom stereocenters. The first kappa shape index (κ1) is 13.5. The smallest absolute Gasteiger partial charge is 0.135 e. The third-order valence-electron chi connectivity index (χ3n) is 2.72. The minimum absolute atomic E-state index is 0.654. The number of benzene rings is 1. The van der Waals surface area contributed by atoms with Gasteiger partial charge in [0.05, 0.1) is 11.6 Å². The number of rotatable bonds is 4.